The number of guanidine groups is 5. The normalized spacial score (nSPS) is 19.4. The van der Waals surface area contributed by atoms with E-state index in [9.17, 15) is 42.9 Å². The molecule has 3 rings (SSSR count). The van der Waals surface area contributed by atoms with Gasteiger partial charge in [-0.25, -0.2) is 23.5 Å². The minimum atomic E-state index is -3.89. The Hall–Kier alpha value is -8.07. The fourth-order valence-electron chi connectivity index (χ4n) is 11.3. The lowest BCUT2D eigenvalue weighted by atomic mass is 10.0. The average Bonchev–Trinajstić information content (AvgIpc) is 0.794. The Kier molecular flexibility index (Phi) is 43.5. The molecular formula is C61H121N27O18P2. The van der Waals surface area contributed by atoms with E-state index < -0.39 is 124 Å². The van der Waals surface area contributed by atoms with Crippen LogP contribution in [0.4, 0.5) is 4.79 Å². The first-order chi connectivity index (χ1) is 51.1. The van der Waals surface area contributed by atoms with Crippen molar-refractivity contribution in [3.05, 3.63) is 0 Å². The standard InChI is InChI=1S/C61H121N27O18P2/c1-40-34-86(36-43(105-40)38-104-108(99,84(6)7)88-35-41(2)106-44(37-88)39-103-107(98,83(4)5)87-25-23-85(24-26-87)61(97)102-32-31-101-30-29-100-28-27-89)50(91)33-77-51(92)45(13-8-18-72-56(62)63)79-53(94)47(15-10-20-74-58(66)67)81-55(96)49(17-12-22-76-60(70)71)82-54(95)48(16-11-21-75-59(68)69)80-52(93)46(78-42(3)90)14-9-19-73-57(64)65/h40-41,43-49,89H,8-39H2,1-7H3,(H,77,92)(H,78,90)(H,79,94)(H,80,93)(H,81,96)(H,82,95)(H4,62,63,72)(H4,64,65,73)(H4,66,67,74)(H4,68,69,75)(H4,70,71,76)/t40-,41-,43-,44-,45-,46-,47-,48-,49-,107?,108?/m0/s1. The third-order valence-corrected chi connectivity index (χ3v) is 21.7. The van der Waals surface area contributed by atoms with E-state index >= 15 is 4.57 Å². The summed E-state index contributed by atoms with van der Waals surface area (Å²) in [5.74, 6) is -6.46. The van der Waals surface area contributed by atoms with Crippen molar-refractivity contribution in [2.24, 2.45) is 82.3 Å². The SMILES string of the molecule is CC(=O)N[C@@H](CCCN=C(N)N)C(=O)N[C@@H](CCCN=C(N)N)C(=O)N[C@@H](CCCN=C(N)N)C(=O)N[C@@H](CCCN=C(N)N)C(=O)N[C@@H](CCCN=C(N)N)C(=O)NCC(=O)N1C[C@@H](COP(=O)(N(C)C)N2C[C@@H](COP(=O)(N(C)C)N3CCN(C(=O)OCCOCCOCCO)CC3)O[C@@H](C)C2)O[C@@H](C)C1. The maximum absolute atomic E-state index is 15.1. The first-order valence-corrected chi connectivity index (χ1v) is 38.8. The van der Waals surface area contributed by atoms with E-state index in [0.717, 1.165) is 0 Å². The summed E-state index contributed by atoms with van der Waals surface area (Å²) in [6, 6.07) is -6.79. The second-order valence-electron chi connectivity index (χ2n) is 26.0. The molecule has 27 N–H and O–H groups in total. The lowest BCUT2D eigenvalue weighted by Crippen LogP contribution is -2.59. The molecule has 3 aliphatic heterocycles. The molecule has 47 heteroatoms. The van der Waals surface area contributed by atoms with Gasteiger partial charge in [0.05, 0.1) is 77.2 Å². The number of rotatable bonds is 50. The molecule has 0 aromatic carbocycles. The molecule has 0 saturated carbocycles. The van der Waals surface area contributed by atoms with Gasteiger partial charge in [-0.15, -0.1) is 0 Å². The van der Waals surface area contributed by atoms with Gasteiger partial charge in [-0.05, 0) is 106 Å². The lowest BCUT2D eigenvalue weighted by Gasteiger charge is -2.44. The van der Waals surface area contributed by atoms with Crippen molar-refractivity contribution in [1.82, 2.24) is 60.4 Å². The molecular weight excluding hydrogens is 1460 g/mol. The third-order valence-electron chi connectivity index (χ3n) is 16.5. The number of ether oxygens (including phenoxy) is 5. The molecule has 8 amide bonds. The van der Waals surface area contributed by atoms with Crippen LogP contribution >= 0.6 is 15.3 Å². The van der Waals surface area contributed by atoms with Crippen molar-refractivity contribution in [3.63, 3.8) is 0 Å². The van der Waals surface area contributed by atoms with Gasteiger partial charge >= 0.3 is 21.4 Å². The molecule has 3 fully saturated rings. The Morgan fingerprint density at radius 1 is 0.472 bits per heavy atom. The van der Waals surface area contributed by atoms with E-state index in [1.54, 1.807) is 51.4 Å². The molecule has 2 unspecified atom stereocenters. The van der Waals surface area contributed by atoms with Crippen LogP contribution in [0.2, 0.25) is 0 Å². The quantitative estimate of drug-likeness (QED) is 0.0116. The maximum atomic E-state index is 15.1. The smallest absolute Gasteiger partial charge is 0.409 e. The number of aliphatic hydroxyl groups is 1. The Labute approximate surface area is 630 Å². The molecule has 3 aliphatic rings. The van der Waals surface area contributed by atoms with Gasteiger partial charge < -0.3 is 137 Å². The van der Waals surface area contributed by atoms with Gasteiger partial charge in [0.2, 0.25) is 41.4 Å². The van der Waals surface area contributed by atoms with E-state index in [1.165, 1.54) is 26.1 Å². The van der Waals surface area contributed by atoms with Gasteiger partial charge in [-0.3, -0.25) is 67.7 Å². The number of carbonyl (C=O) groups excluding carboxylic acids is 8. The van der Waals surface area contributed by atoms with Crippen LogP contribution in [0, 0.1) is 0 Å². The number of nitrogens with two attached hydrogens (primary N) is 10. The van der Waals surface area contributed by atoms with E-state index in [-0.39, 0.29) is 225 Å². The minimum Gasteiger partial charge on any atom is -0.447 e. The lowest BCUT2D eigenvalue weighted by molar-refractivity contribution is -0.147. The molecule has 0 radical (unpaired) electrons. The van der Waals surface area contributed by atoms with Crippen molar-refractivity contribution in [2.75, 3.05) is 173 Å². The minimum absolute atomic E-state index is 0.00318. The number of aliphatic imine (C=N–C) groups is 5. The van der Waals surface area contributed by atoms with Gasteiger partial charge in [-0.2, -0.15) is 0 Å². The molecule has 3 heterocycles. The third kappa shape index (κ3) is 36.0. The van der Waals surface area contributed by atoms with E-state index in [1.807, 2.05) is 0 Å². The number of amides is 8. The maximum Gasteiger partial charge on any atom is 0.409 e. The van der Waals surface area contributed by atoms with E-state index in [0.29, 0.717) is 6.61 Å². The van der Waals surface area contributed by atoms with Crippen LogP contribution in [0.5, 0.6) is 0 Å². The van der Waals surface area contributed by atoms with Crippen LogP contribution in [-0.2, 0) is 75.4 Å². The Bertz CT molecular complexity index is 3080. The van der Waals surface area contributed by atoms with Crippen molar-refractivity contribution < 1.29 is 85.3 Å². The van der Waals surface area contributed by atoms with Crippen molar-refractivity contribution in [3.8, 4) is 0 Å². The highest BCUT2D eigenvalue weighted by molar-refractivity contribution is 7.54. The monoisotopic (exact) mass is 1580 g/mol. The Morgan fingerprint density at radius 3 is 1.20 bits per heavy atom. The number of nitrogens with one attached hydrogen (secondary N) is 6. The number of nitrogens with zero attached hydrogens (tertiary/aromatic N) is 11. The van der Waals surface area contributed by atoms with E-state index in [2.05, 4.69) is 56.9 Å². The second kappa shape index (κ2) is 49.9. The predicted octanol–water partition coefficient (Wildman–Crippen LogP) is -7.33. The van der Waals surface area contributed by atoms with Crippen molar-refractivity contribution in [1.29, 1.82) is 0 Å². The Balaban J connectivity index is 1.80. The molecule has 0 bridgehead atoms. The largest absolute Gasteiger partial charge is 0.447 e. The van der Waals surface area contributed by atoms with E-state index in [4.69, 9.17) is 95.2 Å². The molecule has 108 heavy (non-hydrogen) atoms. The first-order valence-electron chi connectivity index (χ1n) is 35.7. The topological polar surface area (TPSA) is 669 Å². The molecule has 45 nitrogen and oxygen atoms in total. The number of aliphatic hydroxyl groups excluding tert-OH is 1. The predicted molar refractivity (Wildman–Crippen MR) is 402 cm³/mol. The molecule has 3 saturated heterocycles. The van der Waals surface area contributed by atoms with Crippen molar-refractivity contribution >= 4 is 92.6 Å². The number of morpholine rings is 2. The summed E-state index contributed by atoms with van der Waals surface area (Å²) in [5.41, 5.74) is 55.6. The van der Waals surface area contributed by atoms with Gasteiger partial charge in [0, 0.05) is 92.0 Å². The number of piperazine rings is 1. The summed E-state index contributed by atoms with van der Waals surface area (Å²) in [7, 11) is -1.14. The number of carbonyl (C=O) groups is 8. The molecule has 11 atom stereocenters. The second-order valence-corrected chi connectivity index (χ2v) is 31.2. The van der Waals surface area contributed by atoms with Crippen molar-refractivity contribution in [2.45, 2.75) is 140 Å². The zero-order valence-electron chi connectivity index (χ0n) is 63.3. The highest BCUT2D eigenvalue weighted by Gasteiger charge is 2.45. The van der Waals surface area contributed by atoms with Crippen LogP contribution in [0.1, 0.15) is 85.0 Å². The van der Waals surface area contributed by atoms with Gasteiger partial charge in [0.1, 0.15) is 36.8 Å². The number of hydrogen-bond acceptors (Lipinski definition) is 23. The Morgan fingerprint density at radius 2 is 0.824 bits per heavy atom. The fourth-order valence-corrected chi connectivity index (χ4v) is 15.3. The zero-order chi connectivity index (χ0) is 80.5. The van der Waals surface area contributed by atoms with Gasteiger partial charge in [0.15, 0.2) is 29.8 Å². The summed E-state index contributed by atoms with van der Waals surface area (Å²) in [6.07, 6.45) is -2.81. The molecule has 0 aromatic heterocycles. The summed E-state index contributed by atoms with van der Waals surface area (Å²) >= 11 is 0. The van der Waals surface area contributed by atoms with Crippen LogP contribution in [-0.4, -0.2) is 338 Å². The van der Waals surface area contributed by atoms with Crippen LogP contribution < -0.4 is 89.2 Å². The fraction of sp³-hybridized carbons (Fsp3) is 0.787. The number of hydrogen-bond donors (Lipinski definition) is 17. The summed E-state index contributed by atoms with van der Waals surface area (Å²) < 4.78 is 76.9. The molecule has 618 valence electrons. The molecule has 0 aromatic rings. The molecule has 0 aliphatic carbocycles. The summed E-state index contributed by atoms with van der Waals surface area (Å²) in [4.78, 5) is 134. The van der Waals surface area contributed by atoms with Crippen LogP contribution in [0.25, 0.3) is 0 Å². The zero-order valence-corrected chi connectivity index (χ0v) is 65.1. The van der Waals surface area contributed by atoms with Gasteiger partial charge in [0.25, 0.3) is 0 Å². The highest BCUT2D eigenvalue weighted by atomic mass is 31.2. The molecule has 0 spiro atoms. The summed E-state index contributed by atoms with van der Waals surface area (Å²) in [6.45, 7) is 5.83. The summed E-state index contributed by atoms with van der Waals surface area (Å²) in [5, 5.41) is 24.7. The van der Waals surface area contributed by atoms with Crippen LogP contribution in [0.15, 0.2) is 25.0 Å². The average molecular weight is 1580 g/mol. The van der Waals surface area contributed by atoms with Gasteiger partial charge in [-0.1, -0.05) is 0 Å². The highest BCUT2D eigenvalue weighted by Crippen LogP contribution is 2.55. The van der Waals surface area contributed by atoms with Crippen LogP contribution in [0.3, 0.4) is 0 Å². The first kappa shape index (κ1) is 94.1.